The second-order valence-electron chi connectivity index (χ2n) is 4.93. The van der Waals surface area contributed by atoms with Crippen LogP contribution in [0, 0.1) is 6.92 Å². The predicted octanol–water partition coefficient (Wildman–Crippen LogP) is 3.35. The van der Waals surface area contributed by atoms with Crippen molar-refractivity contribution < 1.29 is 13.2 Å². The first kappa shape index (κ1) is 15.6. The molecule has 0 aliphatic heterocycles. The molecule has 7 heteroatoms. The summed E-state index contributed by atoms with van der Waals surface area (Å²) in [4.78, 5) is 4.41. The molecule has 5 nitrogen and oxygen atoms in total. The van der Waals surface area contributed by atoms with Crippen molar-refractivity contribution in [3.8, 4) is 17.1 Å². The first-order valence-electron chi connectivity index (χ1n) is 6.80. The standard InChI is InChI=1S/C16H14N2O3S2/c1-11-3-9-14(10-4-11)23(19,20)16-17-15(18-22-16)12-5-7-13(21-2)8-6-12/h3-10H,1-2H3. The third-order valence-electron chi connectivity index (χ3n) is 3.32. The van der Waals surface area contributed by atoms with Crippen molar-refractivity contribution in [2.24, 2.45) is 0 Å². The quantitative estimate of drug-likeness (QED) is 0.724. The van der Waals surface area contributed by atoms with Gasteiger partial charge in [-0.15, -0.1) is 0 Å². The molecule has 3 rings (SSSR count). The Balaban J connectivity index is 1.95. The molecule has 23 heavy (non-hydrogen) atoms. The molecule has 0 bridgehead atoms. The van der Waals surface area contributed by atoms with Gasteiger partial charge < -0.3 is 4.74 Å². The van der Waals surface area contributed by atoms with E-state index in [-0.39, 0.29) is 9.24 Å². The molecule has 1 aromatic heterocycles. The zero-order valence-electron chi connectivity index (χ0n) is 12.6. The van der Waals surface area contributed by atoms with Crippen LogP contribution in [0.1, 0.15) is 5.56 Å². The third kappa shape index (κ3) is 3.11. The highest BCUT2D eigenvalue weighted by Gasteiger charge is 2.23. The van der Waals surface area contributed by atoms with Gasteiger partial charge in [0, 0.05) is 5.56 Å². The van der Waals surface area contributed by atoms with Gasteiger partial charge in [-0.3, -0.25) is 0 Å². The number of ether oxygens (including phenoxy) is 1. The maximum atomic E-state index is 12.6. The molecule has 2 aromatic carbocycles. The number of hydrogen-bond donors (Lipinski definition) is 0. The maximum absolute atomic E-state index is 12.6. The van der Waals surface area contributed by atoms with E-state index in [1.807, 2.05) is 6.92 Å². The number of aromatic nitrogens is 2. The number of benzene rings is 2. The Bertz CT molecular complexity index is 915. The molecule has 3 aromatic rings. The van der Waals surface area contributed by atoms with Gasteiger partial charge in [-0.25, -0.2) is 13.4 Å². The Morgan fingerprint density at radius 2 is 1.65 bits per heavy atom. The molecular weight excluding hydrogens is 332 g/mol. The Morgan fingerprint density at radius 3 is 2.26 bits per heavy atom. The zero-order valence-corrected chi connectivity index (χ0v) is 14.2. The average Bonchev–Trinajstić information content (AvgIpc) is 3.06. The van der Waals surface area contributed by atoms with Crippen LogP contribution in [0.25, 0.3) is 11.4 Å². The van der Waals surface area contributed by atoms with E-state index >= 15 is 0 Å². The van der Waals surface area contributed by atoms with Crippen molar-refractivity contribution in [1.29, 1.82) is 0 Å². The van der Waals surface area contributed by atoms with Crippen LogP contribution in [-0.4, -0.2) is 24.9 Å². The highest BCUT2D eigenvalue weighted by Crippen LogP contribution is 2.27. The first-order chi connectivity index (χ1) is 11.0. The Labute approximate surface area is 138 Å². The number of methoxy groups -OCH3 is 1. The summed E-state index contributed by atoms with van der Waals surface area (Å²) >= 11 is 0.880. The molecule has 0 N–H and O–H groups in total. The summed E-state index contributed by atoms with van der Waals surface area (Å²) < 4.78 is 34.4. The number of hydrogen-bond acceptors (Lipinski definition) is 6. The van der Waals surface area contributed by atoms with Gasteiger partial charge in [0.25, 0.3) is 0 Å². The fourth-order valence-corrected chi connectivity index (χ4v) is 4.13. The van der Waals surface area contributed by atoms with E-state index in [0.29, 0.717) is 5.82 Å². The van der Waals surface area contributed by atoms with Gasteiger partial charge in [0.15, 0.2) is 5.82 Å². The molecule has 0 atom stereocenters. The summed E-state index contributed by atoms with van der Waals surface area (Å²) in [6, 6.07) is 13.8. The van der Waals surface area contributed by atoms with Crippen LogP contribution in [0.2, 0.25) is 0 Å². The largest absolute Gasteiger partial charge is 0.497 e. The van der Waals surface area contributed by atoms with Crippen molar-refractivity contribution in [2.75, 3.05) is 7.11 Å². The van der Waals surface area contributed by atoms with E-state index in [1.165, 1.54) is 0 Å². The van der Waals surface area contributed by atoms with Gasteiger partial charge in [0.2, 0.25) is 14.2 Å². The third-order valence-corrected chi connectivity index (χ3v) is 6.15. The number of aryl methyl sites for hydroxylation is 1. The van der Waals surface area contributed by atoms with Crippen molar-refractivity contribution >= 4 is 21.4 Å². The smallest absolute Gasteiger partial charge is 0.235 e. The van der Waals surface area contributed by atoms with Gasteiger partial charge in [-0.1, -0.05) is 17.7 Å². The van der Waals surface area contributed by atoms with Gasteiger partial charge in [0.1, 0.15) is 5.75 Å². The fraction of sp³-hybridized carbons (Fsp3) is 0.125. The van der Waals surface area contributed by atoms with Crippen LogP contribution >= 0.6 is 11.5 Å². The van der Waals surface area contributed by atoms with Gasteiger partial charge in [-0.05, 0) is 54.9 Å². The van der Waals surface area contributed by atoms with E-state index < -0.39 is 9.84 Å². The molecule has 118 valence electrons. The van der Waals surface area contributed by atoms with Crippen LogP contribution in [0.15, 0.2) is 57.8 Å². The normalized spacial score (nSPS) is 11.4. The SMILES string of the molecule is COc1ccc(-c2nsc(S(=O)(=O)c3ccc(C)cc3)n2)cc1. The average molecular weight is 346 g/mol. The van der Waals surface area contributed by atoms with Crippen LogP contribution in [0.5, 0.6) is 5.75 Å². The van der Waals surface area contributed by atoms with Crippen molar-refractivity contribution in [3.05, 3.63) is 54.1 Å². The van der Waals surface area contributed by atoms with E-state index in [0.717, 1.165) is 28.4 Å². The predicted molar refractivity (Wildman–Crippen MR) is 88.5 cm³/mol. The minimum absolute atomic E-state index is 0.00725. The second-order valence-corrected chi connectivity index (χ2v) is 7.80. The van der Waals surface area contributed by atoms with E-state index in [9.17, 15) is 8.42 Å². The van der Waals surface area contributed by atoms with Crippen LogP contribution < -0.4 is 4.74 Å². The van der Waals surface area contributed by atoms with Gasteiger partial charge in [0.05, 0.1) is 12.0 Å². The van der Waals surface area contributed by atoms with E-state index in [4.69, 9.17) is 4.74 Å². The minimum atomic E-state index is -3.64. The molecule has 1 heterocycles. The molecule has 0 radical (unpaired) electrons. The molecule has 0 aliphatic carbocycles. The zero-order chi connectivity index (χ0) is 16.4. The Hall–Kier alpha value is -2.25. The second kappa shape index (κ2) is 6.10. The summed E-state index contributed by atoms with van der Waals surface area (Å²) in [5, 5.41) is 0. The topological polar surface area (TPSA) is 69.2 Å². The molecule has 0 saturated carbocycles. The summed E-state index contributed by atoms with van der Waals surface area (Å²) in [6.45, 7) is 1.91. The first-order valence-corrected chi connectivity index (χ1v) is 9.06. The Morgan fingerprint density at radius 1 is 1.00 bits per heavy atom. The summed E-state index contributed by atoms with van der Waals surface area (Å²) in [7, 11) is -2.05. The molecule has 0 unspecified atom stereocenters. The lowest BCUT2D eigenvalue weighted by Gasteiger charge is -2.01. The lowest BCUT2D eigenvalue weighted by molar-refractivity contribution is 0.415. The monoisotopic (exact) mass is 346 g/mol. The van der Waals surface area contributed by atoms with Crippen molar-refractivity contribution in [2.45, 2.75) is 16.2 Å². The van der Waals surface area contributed by atoms with Crippen molar-refractivity contribution in [3.63, 3.8) is 0 Å². The maximum Gasteiger partial charge on any atom is 0.235 e. The van der Waals surface area contributed by atoms with Crippen LogP contribution in [0.3, 0.4) is 0 Å². The highest BCUT2D eigenvalue weighted by molar-refractivity contribution is 7.93. The molecule has 0 amide bonds. The lowest BCUT2D eigenvalue weighted by Crippen LogP contribution is -2.01. The van der Waals surface area contributed by atoms with Crippen LogP contribution in [-0.2, 0) is 9.84 Å². The summed E-state index contributed by atoms with van der Waals surface area (Å²) in [6.07, 6.45) is 0. The van der Waals surface area contributed by atoms with Crippen LogP contribution in [0.4, 0.5) is 0 Å². The number of nitrogens with zero attached hydrogens (tertiary/aromatic N) is 2. The number of sulfone groups is 1. The molecule has 0 fully saturated rings. The summed E-state index contributed by atoms with van der Waals surface area (Å²) in [5.74, 6) is 1.11. The fourth-order valence-electron chi connectivity index (χ4n) is 1.99. The molecular formula is C16H14N2O3S2. The lowest BCUT2D eigenvalue weighted by atomic mass is 10.2. The van der Waals surface area contributed by atoms with E-state index in [2.05, 4.69) is 9.36 Å². The van der Waals surface area contributed by atoms with Gasteiger partial charge >= 0.3 is 0 Å². The Kier molecular flexibility index (Phi) is 4.14. The summed E-state index contributed by atoms with van der Waals surface area (Å²) in [5.41, 5.74) is 1.74. The molecule has 0 spiro atoms. The molecule has 0 saturated heterocycles. The van der Waals surface area contributed by atoms with Gasteiger partial charge in [-0.2, -0.15) is 4.37 Å². The van der Waals surface area contributed by atoms with E-state index in [1.54, 1.807) is 55.6 Å². The highest BCUT2D eigenvalue weighted by atomic mass is 32.2. The number of rotatable bonds is 4. The molecule has 0 aliphatic rings. The van der Waals surface area contributed by atoms with Crippen molar-refractivity contribution in [1.82, 2.24) is 9.36 Å². The minimum Gasteiger partial charge on any atom is -0.497 e.